The van der Waals surface area contributed by atoms with Gasteiger partial charge in [0.15, 0.2) is 0 Å². The van der Waals surface area contributed by atoms with Gasteiger partial charge in [0, 0.05) is 12.5 Å². The van der Waals surface area contributed by atoms with Gasteiger partial charge in [0.25, 0.3) is 0 Å². The van der Waals surface area contributed by atoms with Gasteiger partial charge in [-0.2, -0.15) is 0 Å². The van der Waals surface area contributed by atoms with Crippen molar-refractivity contribution in [1.29, 1.82) is 0 Å². The van der Waals surface area contributed by atoms with E-state index in [1.807, 2.05) is 0 Å². The number of amides is 1. The molecule has 0 saturated heterocycles. The minimum Gasteiger partial charge on any atom is -0.353 e. The first-order chi connectivity index (χ1) is 6.81. The van der Waals surface area contributed by atoms with Crippen LogP contribution < -0.4 is 5.32 Å². The lowest BCUT2D eigenvalue weighted by atomic mass is 9.86. The maximum Gasteiger partial charge on any atom is 0.220 e. The Kier molecular flexibility index (Phi) is 2.03. The van der Waals surface area contributed by atoms with E-state index in [2.05, 4.69) is 5.32 Å². The Morgan fingerprint density at radius 3 is 2.57 bits per heavy atom. The van der Waals surface area contributed by atoms with E-state index in [0.29, 0.717) is 11.9 Å². The molecule has 2 heteroatoms. The van der Waals surface area contributed by atoms with Crippen molar-refractivity contribution in [2.75, 3.05) is 0 Å². The van der Waals surface area contributed by atoms with Gasteiger partial charge in [0.1, 0.15) is 0 Å². The van der Waals surface area contributed by atoms with Crippen molar-refractivity contribution < 1.29 is 4.79 Å². The highest BCUT2D eigenvalue weighted by Gasteiger charge is 2.40. The first kappa shape index (κ1) is 8.75. The Balaban J connectivity index is 1.49. The second kappa shape index (κ2) is 3.25. The molecule has 2 bridgehead atoms. The number of carbonyl (C=O) groups is 1. The van der Waals surface area contributed by atoms with Gasteiger partial charge >= 0.3 is 0 Å². The SMILES string of the molecule is O=C(CC1CC2CCC1C2)NC1CC1. The Bertz CT molecular complexity index is 247. The molecule has 0 spiro atoms. The van der Waals surface area contributed by atoms with Crippen LogP contribution >= 0.6 is 0 Å². The molecular weight excluding hydrogens is 174 g/mol. The number of hydrogen-bond donors (Lipinski definition) is 1. The largest absolute Gasteiger partial charge is 0.353 e. The van der Waals surface area contributed by atoms with E-state index in [1.165, 1.54) is 38.5 Å². The third kappa shape index (κ3) is 1.67. The summed E-state index contributed by atoms with van der Waals surface area (Å²) in [5.41, 5.74) is 0. The lowest BCUT2D eigenvalue weighted by Gasteiger charge is -2.20. The Hall–Kier alpha value is -0.530. The number of rotatable bonds is 3. The van der Waals surface area contributed by atoms with Gasteiger partial charge in [0.2, 0.25) is 5.91 Å². The van der Waals surface area contributed by atoms with E-state index in [4.69, 9.17) is 0 Å². The molecule has 3 rings (SSSR count). The summed E-state index contributed by atoms with van der Waals surface area (Å²) < 4.78 is 0. The Labute approximate surface area is 85.4 Å². The lowest BCUT2D eigenvalue weighted by molar-refractivity contribution is -0.122. The van der Waals surface area contributed by atoms with Crippen molar-refractivity contribution in [3.63, 3.8) is 0 Å². The molecule has 3 saturated carbocycles. The predicted molar refractivity (Wildman–Crippen MR) is 54.7 cm³/mol. The molecule has 14 heavy (non-hydrogen) atoms. The molecule has 2 nitrogen and oxygen atoms in total. The van der Waals surface area contributed by atoms with Gasteiger partial charge in [-0.15, -0.1) is 0 Å². The van der Waals surface area contributed by atoms with E-state index >= 15 is 0 Å². The third-order valence-corrected chi connectivity index (χ3v) is 4.27. The fourth-order valence-corrected chi connectivity index (χ4v) is 3.38. The Morgan fingerprint density at radius 2 is 2.00 bits per heavy atom. The van der Waals surface area contributed by atoms with Gasteiger partial charge in [-0.1, -0.05) is 6.42 Å². The zero-order valence-electron chi connectivity index (χ0n) is 8.67. The second-order valence-electron chi connectivity index (χ2n) is 5.48. The number of carbonyl (C=O) groups excluding carboxylic acids is 1. The van der Waals surface area contributed by atoms with Gasteiger partial charge in [-0.05, 0) is 49.9 Å². The maximum atomic E-state index is 11.6. The van der Waals surface area contributed by atoms with Crippen molar-refractivity contribution in [2.45, 2.75) is 51.0 Å². The molecule has 0 aromatic heterocycles. The summed E-state index contributed by atoms with van der Waals surface area (Å²) in [5, 5.41) is 3.10. The predicted octanol–water partition coefficient (Wildman–Crippen LogP) is 2.09. The summed E-state index contributed by atoms with van der Waals surface area (Å²) in [6.07, 6.45) is 8.82. The van der Waals surface area contributed by atoms with Crippen molar-refractivity contribution in [2.24, 2.45) is 17.8 Å². The molecule has 0 aromatic rings. The van der Waals surface area contributed by atoms with E-state index < -0.39 is 0 Å². The summed E-state index contributed by atoms with van der Waals surface area (Å²) in [6.45, 7) is 0. The van der Waals surface area contributed by atoms with E-state index in [1.54, 1.807) is 0 Å². The summed E-state index contributed by atoms with van der Waals surface area (Å²) >= 11 is 0. The highest BCUT2D eigenvalue weighted by Crippen LogP contribution is 2.49. The van der Waals surface area contributed by atoms with Crippen LogP contribution in [0.5, 0.6) is 0 Å². The van der Waals surface area contributed by atoms with Gasteiger partial charge in [-0.3, -0.25) is 4.79 Å². The molecule has 78 valence electrons. The topological polar surface area (TPSA) is 29.1 Å². The molecule has 3 unspecified atom stereocenters. The van der Waals surface area contributed by atoms with Gasteiger partial charge in [-0.25, -0.2) is 0 Å². The standard InChI is InChI=1S/C12H19NO/c14-12(13-11-3-4-11)7-10-6-8-1-2-9(10)5-8/h8-11H,1-7H2,(H,13,14). The Morgan fingerprint density at radius 1 is 1.14 bits per heavy atom. The van der Waals surface area contributed by atoms with Crippen LogP contribution in [0.15, 0.2) is 0 Å². The molecule has 3 aliphatic rings. The zero-order chi connectivity index (χ0) is 9.54. The van der Waals surface area contributed by atoms with Crippen molar-refractivity contribution >= 4 is 5.91 Å². The maximum absolute atomic E-state index is 11.6. The quantitative estimate of drug-likeness (QED) is 0.730. The van der Waals surface area contributed by atoms with Crippen molar-refractivity contribution in [1.82, 2.24) is 5.32 Å². The van der Waals surface area contributed by atoms with E-state index in [9.17, 15) is 4.79 Å². The molecule has 0 aromatic carbocycles. The highest BCUT2D eigenvalue weighted by molar-refractivity contribution is 5.76. The van der Waals surface area contributed by atoms with Gasteiger partial charge < -0.3 is 5.32 Å². The molecule has 1 N–H and O–H groups in total. The lowest BCUT2D eigenvalue weighted by Crippen LogP contribution is -2.28. The normalized spacial score (nSPS) is 40.1. The molecule has 0 heterocycles. The molecular formula is C12H19NO. The minimum absolute atomic E-state index is 0.324. The summed E-state index contributed by atoms with van der Waals surface area (Å²) in [4.78, 5) is 11.6. The van der Waals surface area contributed by atoms with Crippen molar-refractivity contribution in [3.8, 4) is 0 Å². The smallest absolute Gasteiger partial charge is 0.220 e. The van der Waals surface area contributed by atoms with Crippen LogP contribution in [0.2, 0.25) is 0 Å². The minimum atomic E-state index is 0.324. The average molecular weight is 193 g/mol. The van der Waals surface area contributed by atoms with Crippen LogP contribution in [-0.4, -0.2) is 11.9 Å². The summed E-state index contributed by atoms with van der Waals surface area (Å²) in [6, 6.07) is 0.543. The van der Waals surface area contributed by atoms with E-state index in [-0.39, 0.29) is 0 Å². The summed E-state index contributed by atoms with van der Waals surface area (Å²) in [7, 11) is 0. The third-order valence-electron chi connectivity index (χ3n) is 4.27. The van der Waals surface area contributed by atoms with Gasteiger partial charge in [0.05, 0.1) is 0 Å². The van der Waals surface area contributed by atoms with Crippen LogP contribution in [0.3, 0.4) is 0 Å². The molecule has 3 aliphatic carbocycles. The molecule has 0 radical (unpaired) electrons. The fourth-order valence-electron chi connectivity index (χ4n) is 3.38. The average Bonchev–Trinajstić information content (AvgIpc) is 2.74. The van der Waals surface area contributed by atoms with Crippen LogP contribution in [0, 0.1) is 17.8 Å². The van der Waals surface area contributed by atoms with Crippen LogP contribution in [0.25, 0.3) is 0 Å². The fraction of sp³-hybridized carbons (Fsp3) is 0.917. The first-order valence-electron chi connectivity index (χ1n) is 6.10. The van der Waals surface area contributed by atoms with Crippen LogP contribution in [0.1, 0.15) is 44.9 Å². The summed E-state index contributed by atoms with van der Waals surface area (Å²) in [5.74, 6) is 2.92. The monoisotopic (exact) mass is 193 g/mol. The molecule has 3 atom stereocenters. The molecule has 3 fully saturated rings. The second-order valence-corrected chi connectivity index (χ2v) is 5.48. The highest BCUT2D eigenvalue weighted by atomic mass is 16.1. The van der Waals surface area contributed by atoms with Crippen molar-refractivity contribution in [3.05, 3.63) is 0 Å². The number of fused-ring (bicyclic) bond motifs is 2. The number of hydrogen-bond acceptors (Lipinski definition) is 1. The van der Waals surface area contributed by atoms with Crippen LogP contribution in [-0.2, 0) is 4.79 Å². The van der Waals surface area contributed by atoms with E-state index in [0.717, 1.165) is 24.2 Å². The zero-order valence-corrected chi connectivity index (χ0v) is 8.67. The first-order valence-corrected chi connectivity index (χ1v) is 6.10. The number of nitrogens with one attached hydrogen (secondary N) is 1. The van der Waals surface area contributed by atoms with Crippen LogP contribution in [0.4, 0.5) is 0 Å². The molecule has 1 amide bonds. The molecule has 0 aliphatic heterocycles.